The molecule has 2 rings (SSSR count). The fraction of sp³-hybridized carbons (Fsp3) is 0.375. The SMILES string of the molecule is COC(=O)CN1C=CSC(C2=CC=CC(=O)C2C(C)C)=C1. The van der Waals surface area contributed by atoms with E-state index < -0.39 is 0 Å². The standard InChI is InChI=1S/C16H19NO3S/c1-11(2)16-12(5-4-6-13(16)18)14-9-17(7-8-21-14)10-15(19)20-3/h4-9,11,16H,10H2,1-3H3. The van der Waals surface area contributed by atoms with Crippen molar-refractivity contribution in [1.82, 2.24) is 4.90 Å². The number of allylic oxidation sites excluding steroid dienone is 4. The second-order valence-corrected chi connectivity index (χ2v) is 6.20. The summed E-state index contributed by atoms with van der Waals surface area (Å²) in [7, 11) is 1.37. The minimum Gasteiger partial charge on any atom is -0.468 e. The highest BCUT2D eigenvalue weighted by atomic mass is 32.2. The first kappa shape index (κ1) is 15.6. The lowest BCUT2D eigenvalue weighted by Crippen LogP contribution is -2.26. The molecule has 21 heavy (non-hydrogen) atoms. The molecular weight excluding hydrogens is 286 g/mol. The Morgan fingerprint density at radius 2 is 2.24 bits per heavy atom. The Morgan fingerprint density at radius 1 is 1.48 bits per heavy atom. The average molecular weight is 305 g/mol. The number of thioether (sulfide) groups is 1. The number of hydrogen-bond donors (Lipinski definition) is 0. The highest BCUT2D eigenvalue weighted by Crippen LogP contribution is 2.38. The Bertz CT molecular complexity index is 558. The number of rotatable bonds is 4. The van der Waals surface area contributed by atoms with E-state index in [1.807, 2.05) is 37.7 Å². The lowest BCUT2D eigenvalue weighted by atomic mass is 9.81. The molecule has 0 aromatic rings. The zero-order valence-corrected chi connectivity index (χ0v) is 13.2. The van der Waals surface area contributed by atoms with Crippen LogP contribution in [0.25, 0.3) is 0 Å². The number of carbonyl (C=O) groups excluding carboxylic acids is 2. The van der Waals surface area contributed by atoms with Crippen LogP contribution in [0.15, 0.2) is 46.5 Å². The van der Waals surface area contributed by atoms with Gasteiger partial charge in [-0.2, -0.15) is 0 Å². The molecule has 0 aromatic carbocycles. The maximum Gasteiger partial charge on any atom is 0.325 e. The van der Waals surface area contributed by atoms with E-state index in [-0.39, 0.29) is 30.1 Å². The lowest BCUT2D eigenvalue weighted by molar-refractivity contribution is -0.140. The molecule has 1 atom stereocenters. The van der Waals surface area contributed by atoms with E-state index >= 15 is 0 Å². The molecule has 1 unspecified atom stereocenters. The normalized spacial score (nSPS) is 21.4. The molecule has 1 aliphatic carbocycles. The number of esters is 1. The van der Waals surface area contributed by atoms with Crippen LogP contribution in [0.2, 0.25) is 0 Å². The lowest BCUT2D eigenvalue weighted by Gasteiger charge is -2.28. The van der Waals surface area contributed by atoms with Crippen molar-refractivity contribution in [3.8, 4) is 0 Å². The number of ether oxygens (including phenoxy) is 1. The monoisotopic (exact) mass is 305 g/mol. The van der Waals surface area contributed by atoms with E-state index in [1.165, 1.54) is 7.11 Å². The largest absolute Gasteiger partial charge is 0.468 e. The van der Waals surface area contributed by atoms with Gasteiger partial charge in [-0.1, -0.05) is 37.8 Å². The highest BCUT2D eigenvalue weighted by molar-refractivity contribution is 8.06. The highest BCUT2D eigenvalue weighted by Gasteiger charge is 2.29. The van der Waals surface area contributed by atoms with E-state index in [9.17, 15) is 9.59 Å². The van der Waals surface area contributed by atoms with E-state index in [0.717, 1.165) is 10.5 Å². The Labute approximate surface area is 129 Å². The molecule has 0 amide bonds. The molecular formula is C16H19NO3S. The van der Waals surface area contributed by atoms with Crippen LogP contribution >= 0.6 is 11.8 Å². The second kappa shape index (κ2) is 6.80. The summed E-state index contributed by atoms with van der Waals surface area (Å²) in [5.74, 6) is -0.0513. The van der Waals surface area contributed by atoms with Crippen LogP contribution in [0.1, 0.15) is 13.8 Å². The van der Waals surface area contributed by atoms with Gasteiger partial charge in [-0.25, -0.2) is 0 Å². The number of methoxy groups -OCH3 is 1. The summed E-state index contributed by atoms with van der Waals surface area (Å²) in [6, 6.07) is 0. The first-order chi connectivity index (χ1) is 10.0. The maximum absolute atomic E-state index is 12.1. The second-order valence-electron chi connectivity index (χ2n) is 5.25. The van der Waals surface area contributed by atoms with Crippen molar-refractivity contribution in [2.24, 2.45) is 11.8 Å². The summed E-state index contributed by atoms with van der Waals surface area (Å²) in [4.78, 5) is 26.3. The van der Waals surface area contributed by atoms with Gasteiger partial charge in [0.2, 0.25) is 0 Å². The van der Waals surface area contributed by atoms with Gasteiger partial charge in [-0.3, -0.25) is 9.59 Å². The molecule has 5 heteroatoms. The quantitative estimate of drug-likeness (QED) is 0.747. The van der Waals surface area contributed by atoms with Crippen molar-refractivity contribution in [3.05, 3.63) is 46.5 Å². The summed E-state index contributed by atoms with van der Waals surface area (Å²) >= 11 is 1.56. The molecule has 0 spiro atoms. The maximum atomic E-state index is 12.1. The molecule has 0 saturated carbocycles. The van der Waals surface area contributed by atoms with Gasteiger partial charge in [-0.15, -0.1) is 0 Å². The first-order valence-electron chi connectivity index (χ1n) is 6.83. The number of carbonyl (C=O) groups is 2. The molecule has 0 N–H and O–H groups in total. The third kappa shape index (κ3) is 3.67. The van der Waals surface area contributed by atoms with Crippen molar-refractivity contribution in [2.45, 2.75) is 13.8 Å². The molecule has 0 radical (unpaired) electrons. The van der Waals surface area contributed by atoms with Crippen molar-refractivity contribution in [1.29, 1.82) is 0 Å². The Morgan fingerprint density at radius 3 is 2.90 bits per heavy atom. The molecule has 0 fully saturated rings. The van der Waals surface area contributed by atoms with Gasteiger partial charge in [0, 0.05) is 17.3 Å². The van der Waals surface area contributed by atoms with Crippen LogP contribution in [0.4, 0.5) is 0 Å². The van der Waals surface area contributed by atoms with E-state index in [0.29, 0.717) is 0 Å². The van der Waals surface area contributed by atoms with E-state index in [2.05, 4.69) is 4.74 Å². The number of nitrogens with zero attached hydrogens (tertiary/aromatic N) is 1. The van der Waals surface area contributed by atoms with Gasteiger partial charge in [0.05, 0.1) is 13.0 Å². The molecule has 1 heterocycles. The van der Waals surface area contributed by atoms with Crippen molar-refractivity contribution >= 4 is 23.5 Å². The summed E-state index contributed by atoms with van der Waals surface area (Å²) in [5, 5.41) is 1.92. The van der Waals surface area contributed by atoms with Crippen molar-refractivity contribution in [2.75, 3.05) is 13.7 Å². The fourth-order valence-corrected chi connectivity index (χ4v) is 3.28. The number of hydrogen-bond acceptors (Lipinski definition) is 5. The van der Waals surface area contributed by atoms with Gasteiger partial charge in [0.15, 0.2) is 5.78 Å². The number of ketones is 1. The molecule has 0 saturated heterocycles. The predicted molar refractivity (Wildman–Crippen MR) is 84.1 cm³/mol. The van der Waals surface area contributed by atoms with Gasteiger partial charge in [0.1, 0.15) is 6.54 Å². The van der Waals surface area contributed by atoms with Crippen LogP contribution in [0.3, 0.4) is 0 Å². The summed E-state index contributed by atoms with van der Waals surface area (Å²) in [6.45, 7) is 4.26. The minimum absolute atomic E-state index is 0.125. The van der Waals surface area contributed by atoms with E-state index in [4.69, 9.17) is 0 Å². The molecule has 2 aliphatic rings. The fourth-order valence-electron chi connectivity index (χ4n) is 2.39. The van der Waals surface area contributed by atoms with E-state index in [1.54, 1.807) is 28.8 Å². The van der Waals surface area contributed by atoms with Gasteiger partial charge in [-0.05, 0) is 23.0 Å². The van der Waals surface area contributed by atoms with Crippen LogP contribution in [0, 0.1) is 11.8 Å². The smallest absolute Gasteiger partial charge is 0.325 e. The topological polar surface area (TPSA) is 46.6 Å². The van der Waals surface area contributed by atoms with Crippen molar-refractivity contribution < 1.29 is 14.3 Å². The van der Waals surface area contributed by atoms with Crippen LogP contribution in [-0.4, -0.2) is 30.3 Å². The molecule has 1 aliphatic heterocycles. The summed E-state index contributed by atoms with van der Waals surface area (Å²) < 4.78 is 4.68. The first-order valence-corrected chi connectivity index (χ1v) is 7.71. The third-order valence-corrected chi connectivity index (χ3v) is 4.25. The average Bonchev–Trinajstić information content (AvgIpc) is 2.46. The zero-order valence-electron chi connectivity index (χ0n) is 12.4. The predicted octanol–water partition coefficient (Wildman–Crippen LogP) is 2.86. The molecule has 0 bridgehead atoms. The molecule has 0 aromatic heterocycles. The third-order valence-electron chi connectivity index (χ3n) is 3.40. The Balaban J connectivity index is 2.23. The van der Waals surface area contributed by atoms with Crippen LogP contribution in [-0.2, 0) is 14.3 Å². The Kier molecular flexibility index (Phi) is 5.07. The summed E-state index contributed by atoms with van der Waals surface area (Å²) in [5.41, 5.74) is 1.02. The zero-order chi connectivity index (χ0) is 15.4. The van der Waals surface area contributed by atoms with Gasteiger partial charge >= 0.3 is 5.97 Å². The molecule has 4 nitrogen and oxygen atoms in total. The summed E-state index contributed by atoms with van der Waals surface area (Å²) in [6.07, 6.45) is 9.14. The van der Waals surface area contributed by atoms with Crippen LogP contribution < -0.4 is 0 Å². The van der Waals surface area contributed by atoms with Gasteiger partial charge < -0.3 is 9.64 Å². The van der Waals surface area contributed by atoms with Gasteiger partial charge in [0.25, 0.3) is 0 Å². The van der Waals surface area contributed by atoms with Crippen LogP contribution in [0.5, 0.6) is 0 Å². The minimum atomic E-state index is -0.295. The Hall–Kier alpha value is -1.75. The van der Waals surface area contributed by atoms with Crippen molar-refractivity contribution in [3.63, 3.8) is 0 Å². The molecule has 112 valence electrons.